The van der Waals surface area contributed by atoms with E-state index in [1.54, 1.807) is 0 Å². The highest BCUT2D eigenvalue weighted by atomic mass is 35.5. The van der Waals surface area contributed by atoms with Crippen molar-refractivity contribution in [2.24, 2.45) is 0 Å². The van der Waals surface area contributed by atoms with Crippen molar-refractivity contribution in [2.45, 2.75) is 58.0 Å². The Morgan fingerprint density at radius 1 is 0.882 bits per heavy atom. The van der Waals surface area contributed by atoms with Gasteiger partial charge in [-0.05, 0) is 89.2 Å². The Hall–Kier alpha value is -3.04. The summed E-state index contributed by atoms with van der Waals surface area (Å²) in [5.74, 6) is 0.869. The highest BCUT2D eigenvalue weighted by Crippen LogP contribution is 2.37. The Kier molecular flexibility index (Phi) is 5.99. The standard InChI is InChI=1S/C30H30ClNO2/c1-30(2,3)22-13-8-19(9-14-22)21-12-17-26-25(18-21)27(28(32-26)29(31)33)20-10-15-24(16-11-20)34-23-6-4-5-7-23/h8-18,23,32H,4-7H2,1-3H3. The van der Waals surface area contributed by atoms with Gasteiger partial charge in [0.1, 0.15) is 11.4 Å². The number of nitrogens with one attached hydrogen (secondary N) is 1. The van der Waals surface area contributed by atoms with E-state index in [4.69, 9.17) is 16.3 Å². The zero-order chi connectivity index (χ0) is 23.9. The first-order valence-electron chi connectivity index (χ1n) is 12.0. The molecule has 0 radical (unpaired) electrons. The molecule has 4 heteroatoms. The SMILES string of the molecule is CC(C)(C)c1ccc(-c2ccc3[nH]c(C(=O)Cl)c(-c4ccc(OC5CCCC5)cc4)c3c2)cc1. The largest absolute Gasteiger partial charge is 0.490 e. The van der Waals surface area contributed by atoms with Crippen LogP contribution in [0.25, 0.3) is 33.2 Å². The van der Waals surface area contributed by atoms with Gasteiger partial charge in [-0.3, -0.25) is 4.79 Å². The quantitative estimate of drug-likeness (QED) is 0.296. The molecule has 174 valence electrons. The van der Waals surface area contributed by atoms with Crippen molar-refractivity contribution in [3.63, 3.8) is 0 Å². The second kappa shape index (κ2) is 8.96. The summed E-state index contributed by atoms with van der Waals surface area (Å²) in [7, 11) is 0. The van der Waals surface area contributed by atoms with Gasteiger partial charge in [0.15, 0.2) is 0 Å². The van der Waals surface area contributed by atoms with E-state index in [1.165, 1.54) is 18.4 Å². The number of hydrogen-bond donors (Lipinski definition) is 1. The van der Waals surface area contributed by atoms with Crippen molar-refractivity contribution in [3.05, 3.63) is 78.0 Å². The number of carbonyl (C=O) groups excluding carboxylic acids is 1. The smallest absolute Gasteiger partial charge is 0.269 e. The van der Waals surface area contributed by atoms with Crippen LogP contribution in [0.4, 0.5) is 0 Å². The van der Waals surface area contributed by atoms with Crippen LogP contribution < -0.4 is 4.74 Å². The van der Waals surface area contributed by atoms with Crippen LogP contribution in [0.15, 0.2) is 66.7 Å². The van der Waals surface area contributed by atoms with E-state index < -0.39 is 5.24 Å². The first-order valence-corrected chi connectivity index (χ1v) is 12.4. The lowest BCUT2D eigenvalue weighted by molar-refractivity contribution is 0.107. The number of aromatic nitrogens is 1. The number of carbonyl (C=O) groups is 1. The van der Waals surface area contributed by atoms with Gasteiger partial charge in [0.05, 0.1) is 6.10 Å². The van der Waals surface area contributed by atoms with Gasteiger partial charge < -0.3 is 9.72 Å². The van der Waals surface area contributed by atoms with E-state index in [2.05, 4.69) is 62.2 Å². The van der Waals surface area contributed by atoms with Gasteiger partial charge in [0, 0.05) is 16.5 Å². The number of rotatable bonds is 5. The Labute approximate surface area is 206 Å². The maximum absolute atomic E-state index is 12.3. The van der Waals surface area contributed by atoms with E-state index in [0.29, 0.717) is 11.8 Å². The molecular weight excluding hydrogens is 442 g/mol. The molecule has 3 aromatic carbocycles. The molecule has 0 aliphatic heterocycles. The van der Waals surface area contributed by atoms with Gasteiger partial charge in [0.2, 0.25) is 0 Å². The molecule has 0 spiro atoms. The van der Waals surface area contributed by atoms with Crippen molar-refractivity contribution < 1.29 is 9.53 Å². The molecule has 0 unspecified atom stereocenters. The van der Waals surface area contributed by atoms with Crippen LogP contribution in [0.2, 0.25) is 0 Å². The Balaban J connectivity index is 1.54. The van der Waals surface area contributed by atoms with E-state index in [-0.39, 0.29) is 5.41 Å². The van der Waals surface area contributed by atoms with Crippen LogP contribution in [-0.4, -0.2) is 16.3 Å². The summed E-state index contributed by atoms with van der Waals surface area (Å²) in [5.41, 5.74) is 6.73. The summed E-state index contributed by atoms with van der Waals surface area (Å²) in [6, 6.07) is 23.0. The fourth-order valence-electron chi connectivity index (χ4n) is 4.88. The summed E-state index contributed by atoms with van der Waals surface area (Å²) < 4.78 is 6.12. The van der Waals surface area contributed by atoms with E-state index in [0.717, 1.165) is 51.7 Å². The topological polar surface area (TPSA) is 42.1 Å². The Morgan fingerprint density at radius 3 is 2.12 bits per heavy atom. The molecule has 0 bridgehead atoms. The Morgan fingerprint density at radius 2 is 1.50 bits per heavy atom. The monoisotopic (exact) mass is 471 g/mol. The van der Waals surface area contributed by atoms with Crippen molar-refractivity contribution in [1.82, 2.24) is 4.98 Å². The number of H-pyrrole nitrogens is 1. The summed E-state index contributed by atoms with van der Waals surface area (Å²) >= 11 is 6.00. The number of benzene rings is 3. The summed E-state index contributed by atoms with van der Waals surface area (Å²) in [6.45, 7) is 6.65. The first-order chi connectivity index (χ1) is 16.3. The van der Waals surface area contributed by atoms with Gasteiger partial charge in [-0.2, -0.15) is 0 Å². The predicted molar refractivity (Wildman–Crippen MR) is 141 cm³/mol. The minimum absolute atomic E-state index is 0.111. The van der Waals surface area contributed by atoms with Gasteiger partial charge in [-0.1, -0.05) is 63.2 Å². The van der Waals surface area contributed by atoms with Crippen molar-refractivity contribution in [2.75, 3.05) is 0 Å². The third kappa shape index (κ3) is 4.50. The second-order valence-corrected chi connectivity index (χ2v) is 10.6. The van der Waals surface area contributed by atoms with Crippen LogP contribution in [0.5, 0.6) is 5.75 Å². The second-order valence-electron chi connectivity index (χ2n) is 10.3. The molecule has 34 heavy (non-hydrogen) atoms. The minimum atomic E-state index is -0.492. The fraction of sp³-hybridized carbons (Fsp3) is 0.300. The number of fused-ring (bicyclic) bond motifs is 1. The third-order valence-electron chi connectivity index (χ3n) is 6.83. The molecule has 1 saturated carbocycles. The molecule has 0 atom stereocenters. The molecule has 1 aliphatic rings. The van der Waals surface area contributed by atoms with Crippen LogP contribution in [-0.2, 0) is 5.41 Å². The van der Waals surface area contributed by atoms with Crippen molar-refractivity contribution in [1.29, 1.82) is 0 Å². The summed E-state index contributed by atoms with van der Waals surface area (Å²) in [5, 5.41) is 0.486. The molecule has 1 N–H and O–H groups in total. The molecular formula is C30H30ClNO2. The van der Waals surface area contributed by atoms with Gasteiger partial charge in [-0.15, -0.1) is 0 Å². The molecule has 0 saturated heterocycles. The lowest BCUT2D eigenvalue weighted by Gasteiger charge is -2.19. The molecule has 1 heterocycles. The number of halogens is 1. The molecule has 3 nitrogen and oxygen atoms in total. The van der Waals surface area contributed by atoms with E-state index >= 15 is 0 Å². The number of ether oxygens (including phenoxy) is 1. The van der Waals surface area contributed by atoms with Crippen molar-refractivity contribution in [3.8, 4) is 28.0 Å². The average molecular weight is 472 g/mol. The minimum Gasteiger partial charge on any atom is -0.490 e. The van der Waals surface area contributed by atoms with Gasteiger partial charge >= 0.3 is 0 Å². The molecule has 1 aliphatic carbocycles. The highest BCUT2D eigenvalue weighted by molar-refractivity contribution is 6.68. The normalized spacial score (nSPS) is 14.6. The summed E-state index contributed by atoms with van der Waals surface area (Å²) in [6.07, 6.45) is 5.02. The van der Waals surface area contributed by atoms with Crippen LogP contribution in [0.3, 0.4) is 0 Å². The van der Waals surface area contributed by atoms with Crippen LogP contribution in [0.1, 0.15) is 62.5 Å². The zero-order valence-corrected chi connectivity index (χ0v) is 20.7. The first kappa shape index (κ1) is 22.7. The lowest BCUT2D eigenvalue weighted by atomic mass is 9.86. The highest BCUT2D eigenvalue weighted by Gasteiger charge is 2.20. The van der Waals surface area contributed by atoms with E-state index in [9.17, 15) is 4.79 Å². The van der Waals surface area contributed by atoms with Gasteiger partial charge in [-0.25, -0.2) is 0 Å². The fourth-order valence-corrected chi connectivity index (χ4v) is 5.02. The van der Waals surface area contributed by atoms with Crippen LogP contribution >= 0.6 is 11.6 Å². The maximum atomic E-state index is 12.3. The molecule has 4 aromatic rings. The van der Waals surface area contributed by atoms with Crippen molar-refractivity contribution >= 4 is 27.7 Å². The average Bonchev–Trinajstić information content (AvgIpc) is 3.46. The summed E-state index contributed by atoms with van der Waals surface area (Å²) in [4.78, 5) is 15.5. The Bertz CT molecular complexity index is 1320. The predicted octanol–water partition coefficient (Wildman–Crippen LogP) is 8.50. The molecule has 5 rings (SSSR count). The maximum Gasteiger partial charge on any atom is 0.269 e. The van der Waals surface area contributed by atoms with Gasteiger partial charge in [0.25, 0.3) is 5.24 Å². The number of hydrogen-bond acceptors (Lipinski definition) is 2. The van der Waals surface area contributed by atoms with Crippen LogP contribution in [0, 0.1) is 0 Å². The molecule has 1 aromatic heterocycles. The zero-order valence-electron chi connectivity index (χ0n) is 20.0. The molecule has 1 fully saturated rings. The van der Waals surface area contributed by atoms with E-state index in [1.807, 2.05) is 30.3 Å². The third-order valence-corrected chi connectivity index (χ3v) is 7.02. The number of aromatic amines is 1. The lowest BCUT2D eigenvalue weighted by Crippen LogP contribution is -2.10. The molecule has 0 amide bonds.